The van der Waals surface area contributed by atoms with E-state index in [1.807, 2.05) is 25.7 Å². The topological polar surface area (TPSA) is 29.5 Å². The summed E-state index contributed by atoms with van der Waals surface area (Å²) in [5.41, 5.74) is 0.0838. The molecule has 1 heterocycles. The van der Waals surface area contributed by atoms with Crippen LogP contribution in [-0.4, -0.2) is 29.7 Å². The fourth-order valence-corrected chi connectivity index (χ4v) is 3.18. The summed E-state index contributed by atoms with van der Waals surface area (Å²) in [7, 11) is 0. The third-order valence-electron chi connectivity index (χ3n) is 4.04. The van der Waals surface area contributed by atoms with Crippen LogP contribution >= 0.6 is 0 Å². The van der Waals surface area contributed by atoms with Gasteiger partial charge in [0, 0.05) is 13.1 Å². The Morgan fingerprint density at radius 1 is 1.11 bits per heavy atom. The van der Waals surface area contributed by atoms with Gasteiger partial charge in [-0.2, -0.15) is 0 Å². The average molecular weight is 269 g/mol. The van der Waals surface area contributed by atoms with Gasteiger partial charge in [0.25, 0.3) is 0 Å². The van der Waals surface area contributed by atoms with Gasteiger partial charge in [-0.3, -0.25) is 0 Å². The van der Waals surface area contributed by atoms with E-state index in [0.29, 0.717) is 5.41 Å². The van der Waals surface area contributed by atoms with E-state index in [0.717, 1.165) is 25.9 Å². The minimum atomic E-state index is -0.390. The van der Waals surface area contributed by atoms with Crippen molar-refractivity contribution in [3.63, 3.8) is 0 Å². The molecular formula is C16H31NO2. The number of likely N-dealkylation sites (tertiary alicyclic amines) is 1. The average Bonchev–Trinajstić information content (AvgIpc) is 2.28. The lowest BCUT2D eigenvalue weighted by Crippen LogP contribution is -2.45. The fourth-order valence-electron chi connectivity index (χ4n) is 3.18. The van der Waals surface area contributed by atoms with Crippen LogP contribution in [-0.2, 0) is 4.74 Å². The molecule has 0 spiro atoms. The van der Waals surface area contributed by atoms with Crippen LogP contribution in [0.3, 0.4) is 0 Å². The molecule has 0 N–H and O–H groups in total. The van der Waals surface area contributed by atoms with Crippen molar-refractivity contribution in [1.29, 1.82) is 0 Å². The van der Waals surface area contributed by atoms with E-state index in [-0.39, 0.29) is 6.09 Å². The van der Waals surface area contributed by atoms with Crippen molar-refractivity contribution in [2.45, 2.75) is 78.7 Å². The van der Waals surface area contributed by atoms with Gasteiger partial charge < -0.3 is 9.64 Å². The molecule has 0 aromatic carbocycles. The van der Waals surface area contributed by atoms with Crippen LogP contribution in [0.15, 0.2) is 0 Å². The predicted molar refractivity (Wildman–Crippen MR) is 79.3 cm³/mol. The van der Waals surface area contributed by atoms with Gasteiger partial charge in [-0.15, -0.1) is 0 Å². The van der Waals surface area contributed by atoms with Crippen molar-refractivity contribution >= 4 is 6.09 Å². The van der Waals surface area contributed by atoms with Gasteiger partial charge in [-0.1, -0.05) is 26.7 Å². The Hall–Kier alpha value is -0.730. The normalized spacial score (nSPS) is 19.3. The van der Waals surface area contributed by atoms with Gasteiger partial charge in [0.2, 0.25) is 0 Å². The Balaban J connectivity index is 2.53. The van der Waals surface area contributed by atoms with Crippen LogP contribution < -0.4 is 0 Å². The summed E-state index contributed by atoms with van der Waals surface area (Å²) in [4.78, 5) is 13.9. The molecule has 3 nitrogen and oxygen atoms in total. The SMILES string of the molecule is CCCC1(CCC)CCN(C(=O)OC(C)(C)C)CC1. The lowest BCUT2D eigenvalue weighted by molar-refractivity contribution is 0.00745. The van der Waals surface area contributed by atoms with Crippen LogP contribution in [0, 0.1) is 5.41 Å². The number of carbonyl (C=O) groups is 1. The van der Waals surface area contributed by atoms with Crippen molar-refractivity contribution in [3.05, 3.63) is 0 Å². The van der Waals surface area contributed by atoms with Crippen LogP contribution in [0.4, 0.5) is 4.79 Å². The Bertz CT molecular complexity index is 278. The van der Waals surface area contributed by atoms with Crippen LogP contribution in [0.25, 0.3) is 0 Å². The fraction of sp³-hybridized carbons (Fsp3) is 0.938. The van der Waals surface area contributed by atoms with E-state index in [9.17, 15) is 4.79 Å². The summed E-state index contributed by atoms with van der Waals surface area (Å²) in [6.07, 6.45) is 7.20. The van der Waals surface area contributed by atoms with Crippen molar-refractivity contribution < 1.29 is 9.53 Å². The molecule has 3 heteroatoms. The molecule has 1 amide bonds. The van der Waals surface area contributed by atoms with Gasteiger partial charge in [0.05, 0.1) is 0 Å². The molecule has 0 saturated carbocycles. The Kier molecular flexibility index (Phi) is 5.69. The van der Waals surface area contributed by atoms with E-state index in [2.05, 4.69) is 13.8 Å². The first-order chi connectivity index (χ1) is 8.82. The Morgan fingerprint density at radius 3 is 1.95 bits per heavy atom. The number of carbonyl (C=O) groups excluding carboxylic acids is 1. The molecule has 19 heavy (non-hydrogen) atoms. The molecule has 0 atom stereocenters. The minimum absolute atomic E-state index is 0.144. The minimum Gasteiger partial charge on any atom is -0.444 e. The largest absolute Gasteiger partial charge is 0.444 e. The highest BCUT2D eigenvalue weighted by Crippen LogP contribution is 2.40. The van der Waals surface area contributed by atoms with E-state index >= 15 is 0 Å². The number of ether oxygens (including phenoxy) is 1. The maximum atomic E-state index is 12.0. The molecule has 0 radical (unpaired) electrons. The van der Waals surface area contributed by atoms with E-state index < -0.39 is 5.60 Å². The van der Waals surface area contributed by atoms with Gasteiger partial charge in [0.15, 0.2) is 0 Å². The lowest BCUT2D eigenvalue weighted by atomic mass is 9.72. The molecule has 1 aliphatic rings. The van der Waals surface area contributed by atoms with E-state index in [4.69, 9.17) is 4.74 Å². The van der Waals surface area contributed by atoms with E-state index in [1.165, 1.54) is 25.7 Å². The number of hydrogen-bond acceptors (Lipinski definition) is 2. The summed E-state index contributed by atoms with van der Waals surface area (Å²) in [5, 5.41) is 0. The molecular weight excluding hydrogens is 238 g/mol. The lowest BCUT2D eigenvalue weighted by Gasteiger charge is -2.42. The Labute approximate surface area is 118 Å². The van der Waals surface area contributed by atoms with Gasteiger partial charge in [0.1, 0.15) is 5.60 Å². The van der Waals surface area contributed by atoms with Crippen LogP contribution in [0.1, 0.15) is 73.1 Å². The number of amides is 1. The number of piperidine rings is 1. The van der Waals surface area contributed by atoms with Gasteiger partial charge >= 0.3 is 6.09 Å². The molecule has 0 bridgehead atoms. The number of rotatable bonds is 4. The highest BCUT2D eigenvalue weighted by molar-refractivity contribution is 5.68. The molecule has 1 saturated heterocycles. The Morgan fingerprint density at radius 2 is 1.58 bits per heavy atom. The first kappa shape index (κ1) is 16.3. The second-order valence-corrected chi connectivity index (χ2v) is 6.97. The number of nitrogens with zero attached hydrogens (tertiary/aromatic N) is 1. The van der Waals surface area contributed by atoms with Crippen molar-refractivity contribution in [2.75, 3.05) is 13.1 Å². The first-order valence-corrected chi connectivity index (χ1v) is 7.80. The molecule has 0 aliphatic carbocycles. The molecule has 1 fully saturated rings. The first-order valence-electron chi connectivity index (χ1n) is 7.80. The van der Waals surface area contributed by atoms with Gasteiger partial charge in [-0.25, -0.2) is 4.79 Å². The summed E-state index contributed by atoms with van der Waals surface area (Å²) in [6.45, 7) is 12.0. The third-order valence-corrected chi connectivity index (χ3v) is 4.04. The zero-order valence-corrected chi connectivity index (χ0v) is 13.4. The second-order valence-electron chi connectivity index (χ2n) is 6.97. The highest BCUT2D eigenvalue weighted by atomic mass is 16.6. The molecule has 1 aliphatic heterocycles. The van der Waals surface area contributed by atoms with E-state index in [1.54, 1.807) is 0 Å². The van der Waals surface area contributed by atoms with Crippen molar-refractivity contribution in [3.8, 4) is 0 Å². The molecule has 1 rings (SSSR count). The summed E-state index contributed by atoms with van der Waals surface area (Å²) >= 11 is 0. The summed E-state index contributed by atoms with van der Waals surface area (Å²) in [5.74, 6) is 0. The zero-order chi connectivity index (χ0) is 14.5. The maximum Gasteiger partial charge on any atom is 0.410 e. The third kappa shape index (κ3) is 5.04. The summed E-state index contributed by atoms with van der Waals surface area (Å²) < 4.78 is 5.45. The van der Waals surface area contributed by atoms with Crippen LogP contribution in [0.2, 0.25) is 0 Å². The van der Waals surface area contributed by atoms with Crippen molar-refractivity contribution in [2.24, 2.45) is 5.41 Å². The zero-order valence-electron chi connectivity index (χ0n) is 13.4. The predicted octanol–water partition coefficient (Wildman–Crippen LogP) is 4.60. The molecule has 0 aromatic heterocycles. The smallest absolute Gasteiger partial charge is 0.410 e. The summed E-state index contributed by atoms with van der Waals surface area (Å²) in [6, 6.07) is 0. The molecule has 112 valence electrons. The van der Waals surface area contributed by atoms with Crippen LogP contribution in [0.5, 0.6) is 0 Å². The molecule has 0 aromatic rings. The second kappa shape index (κ2) is 6.62. The molecule has 0 unspecified atom stereocenters. The standard InChI is InChI=1S/C16H31NO2/c1-6-8-16(9-7-2)10-12-17(13-11-16)14(18)19-15(3,4)5/h6-13H2,1-5H3. The number of hydrogen-bond donors (Lipinski definition) is 0. The maximum absolute atomic E-state index is 12.0. The van der Waals surface area contributed by atoms with Gasteiger partial charge in [-0.05, 0) is 51.9 Å². The monoisotopic (exact) mass is 269 g/mol. The van der Waals surface area contributed by atoms with Crippen molar-refractivity contribution in [1.82, 2.24) is 4.90 Å². The quantitative estimate of drug-likeness (QED) is 0.746. The highest BCUT2D eigenvalue weighted by Gasteiger charge is 2.35.